The molecule has 3 nitrogen and oxygen atoms in total. The van der Waals surface area contributed by atoms with Crippen molar-refractivity contribution < 1.29 is 4.79 Å². The maximum atomic E-state index is 12.1. The van der Waals surface area contributed by atoms with Crippen molar-refractivity contribution in [2.24, 2.45) is 0 Å². The van der Waals surface area contributed by atoms with Crippen LogP contribution in [0.15, 0.2) is 46.9 Å². The number of carbonyl (C=O) groups excluding carboxylic acids is 1. The topological polar surface area (TPSA) is 52.9 Å². The minimum absolute atomic E-state index is 0.198. The summed E-state index contributed by atoms with van der Waals surface area (Å²) in [5.74, 6) is -0.198. The summed E-state index contributed by atoms with van der Waals surface area (Å²) < 4.78 is 0.894. The van der Waals surface area contributed by atoms with E-state index < -0.39 is 0 Å². The second-order valence-electron chi connectivity index (χ2n) is 4.11. The second-order valence-corrected chi connectivity index (χ2v) is 4.97. The van der Waals surface area contributed by atoms with Crippen molar-refractivity contribution >= 4 is 27.5 Å². The Morgan fingerprint density at radius 3 is 2.74 bits per heavy atom. The minimum Gasteiger partial charge on any atom is -0.322 e. The van der Waals surface area contributed by atoms with Crippen LogP contribution >= 0.6 is 15.9 Å². The predicted molar refractivity (Wildman–Crippen MR) is 78.0 cm³/mol. The van der Waals surface area contributed by atoms with Gasteiger partial charge in [0.25, 0.3) is 5.91 Å². The van der Waals surface area contributed by atoms with E-state index in [1.54, 1.807) is 36.4 Å². The van der Waals surface area contributed by atoms with Gasteiger partial charge in [-0.2, -0.15) is 5.26 Å². The highest BCUT2D eigenvalue weighted by Gasteiger charge is 2.07. The molecular formula is C15H11BrN2O. The lowest BCUT2D eigenvalue weighted by Gasteiger charge is -2.06. The molecule has 0 aliphatic heterocycles. The maximum absolute atomic E-state index is 12.1. The van der Waals surface area contributed by atoms with Crippen LogP contribution in [0.4, 0.5) is 5.69 Å². The number of anilines is 1. The van der Waals surface area contributed by atoms with Crippen molar-refractivity contribution in [3.63, 3.8) is 0 Å². The van der Waals surface area contributed by atoms with Gasteiger partial charge in [-0.05, 0) is 42.8 Å². The van der Waals surface area contributed by atoms with E-state index >= 15 is 0 Å². The summed E-state index contributed by atoms with van der Waals surface area (Å²) in [6, 6.07) is 14.3. The van der Waals surface area contributed by atoms with Gasteiger partial charge < -0.3 is 5.32 Å². The molecule has 2 rings (SSSR count). The lowest BCUT2D eigenvalue weighted by Crippen LogP contribution is -2.12. The molecule has 0 spiro atoms. The molecule has 0 saturated heterocycles. The lowest BCUT2D eigenvalue weighted by molar-refractivity contribution is 0.102. The molecule has 1 N–H and O–H groups in total. The lowest BCUT2D eigenvalue weighted by atomic mass is 10.1. The second kappa shape index (κ2) is 5.68. The summed E-state index contributed by atoms with van der Waals surface area (Å²) >= 11 is 3.40. The van der Waals surface area contributed by atoms with E-state index in [0.717, 1.165) is 10.0 Å². The quantitative estimate of drug-likeness (QED) is 0.914. The first-order valence-corrected chi connectivity index (χ1v) is 6.47. The van der Waals surface area contributed by atoms with Crippen LogP contribution in [0.1, 0.15) is 21.5 Å². The zero-order chi connectivity index (χ0) is 13.8. The van der Waals surface area contributed by atoms with Crippen molar-refractivity contribution in [2.45, 2.75) is 6.92 Å². The largest absolute Gasteiger partial charge is 0.322 e. The Hall–Kier alpha value is -2.12. The summed E-state index contributed by atoms with van der Waals surface area (Å²) in [5, 5.41) is 11.6. The smallest absolute Gasteiger partial charge is 0.255 e. The average Bonchev–Trinajstić information content (AvgIpc) is 2.42. The fourth-order valence-corrected chi connectivity index (χ4v) is 1.98. The van der Waals surface area contributed by atoms with Crippen molar-refractivity contribution in [3.8, 4) is 6.07 Å². The molecule has 94 valence electrons. The molecule has 0 aromatic heterocycles. The molecule has 2 aromatic carbocycles. The van der Waals surface area contributed by atoms with E-state index in [9.17, 15) is 4.79 Å². The van der Waals surface area contributed by atoms with Crippen molar-refractivity contribution in [3.05, 3.63) is 63.6 Å². The standard InChI is InChI=1S/C15H11BrN2O/c1-10-5-6-12(8-14(10)16)15(19)18-13-4-2-3-11(7-13)9-17/h2-8H,1H3,(H,18,19). The first-order valence-electron chi connectivity index (χ1n) is 5.68. The Labute approximate surface area is 120 Å². The molecule has 4 heteroatoms. The van der Waals surface area contributed by atoms with Crippen molar-refractivity contribution in [1.82, 2.24) is 0 Å². The first-order chi connectivity index (χ1) is 9.10. The predicted octanol–water partition coefficient (Wildman–Crippen LogP) is 3.88. The molecular weight excluding hydrogens is 304 g/mol. The van der Waals surface area contributed by atoms with E-state index in [2.05, 4.69) is 21.2 Å². The van der Waals surface area contributed by atoms with Crippen LogP contribution in [0.2, 0.25) is 0 Å². The number of rotatable bonds is 2. The number of benzene rings is 2. The van der Waals surface area contributed by atoms with Gasteiger partial charge in [-0.25, -0.2) is 0 Å². The van der Waals surface area contributed by atoms with E-state index in [-0.39, 0.29) is 5.91 Å². The molecule has 2 aromatic rings. The monoisotopic (exact) mass is 314 g/mol. The average molecular weight is 315 g/mol. The Morgan fingerprint density at radius 1 is 1.26 bits per heavy atom. The fourth-order valence-electron chi connectivity index (χ4n) is 1.60. The van der Waals surface area contributed by atoms with Crippen LogP contribution in [0, 0.1) is 18.3 Å². The minimum atomic E-state index is -0.198. The SMILES string of the molecule is Cc1ccc(C(=O)Nc2cccc(C#N)c2)cc1Br. The van der Waals surface area contributed by atoms with Crippen LogP contribution in [-0.2, 0) is 0 Å². The van der Waals surface area contributed by atoms with Crippen LogP contribution in [0.25, 0.3) is 0 Å². The van der Waals surface area contributed by atoms with Crippen LogP contribution in [0.3, 0.4) is 0 Å². The van der Waals surface area contributed by atoms with Gasteiger partial charge in [0.1, 0.15) is 0 Å². The van der Waals surface area contributed by atoms with Crippen LogP contribution in [-0.4, -0.2) is 5.91 Å². The molecule has 0 saturated carbocycles. The van der Waals surface area contributed by atoms with Crippen molar-refractivity contribution in [2.75, 3.05) is 5.32 Å². The third-order valence-corrected chi connectivity index (χ3v) is 3.54. The maximum Gasteiger partial charge on any atom is 0.255 e. The van der Waals surface area contributed by atoms with Gasteiger partial charge in [0.2, 0.25) is 0 Å². The number of aryl methyl sites for hydroxylation is 1. The van der Waals surface area contributed by atoms with Gasteiger partial charge >= 0.3 is 0 Å². The Morgan fingerprint density at radius 2 is 2.05 bits per heavy atom. The van der Waals surface area contributed by atoms with Gasteiger partial charge in [-0.3, -0.25) is 4.79 Å². The molecule has 1 amide bonds. The summed E-state index contributed by atoms with van der Waals surface area (Å²) in [7, 11) is 0. The number of nitrogens with zero attached hydrogens (tertiary/aromatic N) is 1. The molecule has 0 radical (unpaired) electrons. The van der Waals surface area contributed by atoms with E-state index in [1.807, 2.05) is 19.1 Å². The van der Waals surface area contributed by atoms with E-state index in [4.69, 9.17) is 5.26 Å². The zero-order valence-corrected chi connectivity index (χ0v) is 11.9. The van der Waals surface area contributed by atoms with E-state index in [1.165, 1.54) is 0 Å². The number of halogens is 1. The highest BCUT2D eigenvalue weighted by Crippen LogP contribution is 2.18. The van der Waals surface area contributed by atoms with Crippen LogP contribution in [0.5, 0.6) is 0 Å². The van der Waals surface area contributed by atoms with Gasteiger partial charge in [-0.1, -0.05) is 28.1 Å². The summed E-state index contributed by atoms with van der Waals surface area (Å²) in [4.78, 5) is 12.1. The van der Waals surface area contributed by atoms with Crippen molar-refractivity contribution in [1.29, 1.82) is 5.26 Å². The van der Waals surface area contributed by atoms with Gasteiger partial charge in [0, 0.05) is 15.7 Å². The first kappa shape index (κ1) is 13.3. The summed E-state index contributed by atoms with van der Waals surface area (Å²) in [5.41, 5.74) is 2.77. The zero-order valence-electron chi connectivity index (χ0n) is 10.3. The molecule has 0 unspecified atom stereocenters. The Kier molecular flexibility index (Phi) is 3.98. The highest BCUT2D eigenvalue weighted by molar-refractivity contribution is 9.10. The molecule has 0 heterocycles. The number of carbonyl (C=O) groups is 1. The Balaban J connectivity index is 2.21. The number of hydrogen-bond donors (Lipinski definition) is 1. The molecule has 0 aliphatic rings. The normalized spacial score (nSPS) is 9.74. The van der Waals surface area contributed by atoms with E-state index in [0.29, 0.717) is 16.8 Å². The number of hydrogen-bond acceptors (Lipinski definition) is 2. The highest BCUT2D eigenvalue weighted by atomic mass is 79.9. The molecule has 0 fully saturated rings. The fraction of sp³-hybridized carbons (Fsp3) is 0.0667. The third kappa shape index (κ3) is 3.21. The molecule has 0 aliphatic carbocycles. The number of nitriles is 1. The summed E-state index contributed by atoms with van der Waals surface area (Å²) in [6.45, 7) is 1.96. The molecule has 0 bridgehead atoms. The van der Waals surface area contributed by atoms with Crippen LogP contribution < -0.4 is 5.32 Å². The van der Waals surface area contributed by atoms with Gasteiger partial charge in [0.05, 0.1) is 11.6 Å². The third-order valence-electron chi connectivity index (χ3n) is 2.68. The molecule has 19 heavy (non-hydrogen) atoms. The molecule has 0 atom stereocenters. The van der Waals surface area contributed by atoms with Gasteiger partial charge in [-0.15, -0.1) is 0 Å². The van der Waals surface area contributed by atoms with Gasteiger partial charge in [0.15, 0.2) is 0 Å². The number of amides is 1. The number of nitrogens with one attached hydrogen (secondary N) is 1. The summed E-state index contributed by atoms with van der Waals surface area (Å²) in [6.07, 6.45) is 0. The Bertz CT molecular complexity index is 674.